The number of rotatable bonds is 6. The van der Waals surface area contributed by atoms with E-state index < -0.39 is 0 Å². The quantitative estimate of drug-likeness (QED) is 0.863. The van der Waals surface area contributed by atoms with Crippen LogP contribution in [0.15, 0.2) is 24.3 Å². The molecule has 0 bridgehead atoms. The minimum absolute atomic E-state index is 0.152. The Balaban J connectivity index is 1.94. The van der Waals surface area contributed by atoms with E-state index >= 15 is 0 Å². The lowest BCUT2D eigenvalue weighted by Gasteiger charge is -2.37. The Labute approximate surface area is 128 Å². The van der Waals surface area contributed by atoms with Gasteiger partial charge in [-0.05, 0) is 76.7 Å². The van der Waals surface area contributed by atoms with Gasteiger partial charge in [-0.15, -0.1) is 0 Å². The van der Waals surface area contributed by atoms with Gasteiger partial charge in [0.25, 0.3) is 0 Å². The number of nitrogens with one attached hydrogen (secondary N) is 1. The van der Waals surface area contributed by atoms with Crippen molar-refractivity contribution in [2.75, 3.05) is 19.6 Å². The normalized spacial score (nSPS) is 21.0. The zero-order valence-corrected chi connectivity index (χ0v) is 13.6. The molecule has 21 heavy (non-hydrogen) atoms. The fraction of sp³-hybridized carbons (Fsp3) is 0.667. The van der Waals surface area contributed by atoms with Gasteiger partial charge in [0.2, 0.25) is 0 Å². The van der Waals surface area contributed by atoms with Crippen LogP contribution in [0.2, 0.25) is 0 Å². The van der Waals surface area contributed by atoms with Gasteiger partial charge in [0, 0.05) is 18.6 Å². The number of benzene rings is 1. The molecule has 1 heterocycles. The van der Waals surface area contributed by atoms with E-state index in [0.29, 0.717) is 12.1 Å². The van der Waals surface area contributed by atoms with Crippen molar-refractivity contribution in [1.29, 1.82) is 0 Å². The zero-order chi connectivity index (χ0) is 15.2. The van der Waals surface area contributed by atoms with Crippen LogP contribution in [0.25, 0.3) is 0 Å². The van der Waals surface area contributed by atoms with Crippen molar-refractivity contribution >= 4 is 0 Å². The maximum absolute atomic E-state index is 13.0. The molecule has 0 aromatic heterocycles. The molecule has 2 rings (SSSR count). The summed E-state index contributed by atoms with van der Waals surface area (Å²) in [4.78, 5) is 2.60. The summed E-state index contributed by atoms with van der Waals surface area (Å²) < 4.78 is 13.0. The third-order valence-corrected chi connectivity index (χ3v) is 4.54. The summed E-state index contributed by atoms with van der Waals surface area (Å²) in [7, 11) is 0. The molecule has 2 unspecified atom stereocenters. The average Bonchev–Trinajstić information content (AvgIpc) is 2.48. The van der Waals surface area contributed by atoms with Gasteiger partial charge in [0.1, 0.15) is 5.82 Å². The Kier molecular flexibility index (Phi) is 6.19. The smallest absolute Gasteiger partial charge is 0.123 e. The second kappa shape index (κ2) is 7.90. The topological polar surface area (TPSA) is 15.3 Å². The number of hydrogen-bond acceptors (Lipinski definition) is 2. The summed E-state index contributed by atoms with van der Waals surface area (Å²) in [6.07, 6.45) is 3.61. The molecule has 0 radical (unpaired) electrons. The van der Waals surface area contributed by atoms with Gasteiger partial charge in [-0.1, -0.05) is 12.1 Å². The predicted molar refractivity (Wildman–Crippen MR) is 87.0 cm³/mol. The van der Waals surface area contributed by atoms with Crippen molar-refractivity contribution in [3.63, 3.8) is 0 Å². The summed E-state index contributed by atoms with van der Waals surface area (Å²) in [6, 6.07) is 7.97. The Morgan fingerprint density at radius 3 is 2.52 bits per heavy atom. The monoisotopic (exact) mass is 292 g/mol. The van der Waals surface area contributed by atoms with E-state index in [4.69, 9.17) is 0 Å². The van der Waals surface area contributed by atoms with E-state index in [2.05, 4.69) is 31.0 Å². The van der Waals surface area contributed by atoms with Crippen LogP contribution in [-0.4, -0.2) is 36.6 Å². The summed E-state index contributed by atoms with van der Waals surface area (Å²) in [5.41, 5.74) is 1.22. The van der Waals surface area contributed by atoms with Crippen LogP contribution < -0.4 is 5.32 Å². The van der Waals surface area contributed by atoms with Gasteiger partial charge in [-0.3, -0.25) is 4.90 Å². The highest BCUT2D eigenvalue weighted by atomic mass is 19.1. The van der Waals surface area contributed by atoms with Crippen LogP contribution >= 0.6 is 0 Å². The lowest BCUT2D eigenvalue weighted by Crippen LogP contribution is -2.46. The SMILES string of the molecule is CC(C)N(CC1CCCNC1)C(C)Cc1ccc(F)cc1. The summed E-state index contributed by atoms with van der Waals surface area (Å²) >= 11 is 0. The highest BCUT2D eigenvalue weighted by Gasteiger charge is 2.22. The van der Waals surface area contributed by atoms with E-state index in [1.165, 1.54) is 24.9 Å². The first-order valence-corrected chi connectivity index (χ1v) is 8.27. The lowest BCUT2D eigenvalue weighted by molar-refractivity contribution is 0.126. The Hall–Kier alpha value is -0.930. The first kappa shape index (κ1) is 16.4. The van der Waals surface area contributed by atoms with E-state index in [1.54, 1.807) is 12.1 Å². The van der Waals surface area contributed by atoms with Gasteiger partial charge < -0.3 is 5.32 Å². The molecule has 1 aliphatic heterocycles. The number of nitrogens with zero attached hydrogens (tertiary/aromatic N) is 1. The molecule has 3 heteroatoms. The maximum atomic E-state index is 13.0. The van der Waals surface area contributed by atoms with Crippen LogP contribution in [0.5, 0.6) is 0 Å². The molecule has 1 aromatic carbocycles. The van der Waals surface area contributed by atoms with Crippen LogP contribution in [-0.2, 0) is 6.42 Å². The summed E-state index contributed by atoms with van der Waals surface area (Å²) in [5.74, 6) is 0.609. The summed E-state index contributed by atoms with van der Waals surface area (Å²) in [6.45, 7) is 10.3. The third-order valence-electron chi connectivity index (χ3n) is 4.54. The van der Waals surface area contributed by atoms with E-state index in [1.807, 2.05) is 12.1 Å². The van der Waals surface area contributed by atoms with Gasteiger partial charge in [-0.2, -0.15) is 0 Å². The van der Waals surface area contributed by atoms with Gasteiger partial charge in [-0.25, -0.2) is 4.39 Å². The molecule has 2 atom stereocenters. The largest absolute Gasteiger partial charge is 0.316 e. The van der Waals surface area contributed by atoms with E-state index in [-0.39, 0.29) is 5.82 Å². The fourth-order valence-corrected chi connectivity index (χ4v) is 3.36. The lowest BCUT2D eigenvalue weighted by atomic mass is 9.96. The molecular weight excluding hydrogens is 263 g/mol. The number of halogens is 1. The molecule has 0 aliphatic carbocycles. The number of piperidine rings is 1. The molecule has 1 aromatic rings. The Morgan fingerprint density at radius 2 is 1.95 bits per heavy atom. The first-order valence-electron chi connectivity index (χ1n) is 8.27. The molecule has 1 fully saturated rings. The standard InChI is InChI=1S/C18H29FN2/c1-14(2)21(13-17-5-4-10-20-12-17)15(3)11-16-6-8-18(19)9-7-16/h6-9,14-15,17,20H,4-5,10-13H2,1-3H3. The second-order valence-electron chi connectivity index (χ2n) is 6.68. The van der Waals surface area contributed by atoms with Crippen molar-refractivity contribution in [1.82, 2.24) is 10.2 Å². The highest BCUT2D eigenvalue weighted by molar-refractivity contribution is 5.17. The van der Waals surface area contributed by atoms with Gasteiger partial charge in [0.05, 0.1) is 0 Å². The summed E-state index contributed by atoms with van der Waals surface area (Å²) in [5, 5.41) is 3.51. The van der Waals surface area contributed by atoms with Crippen molar-refractivity contribution in [2.45, 2.75) is 52.1 Å². The van der Waals surface area contributed by atoms with Crippen LogP contribution in [0, 0.1) is 11.7 Å². The minimum atomic E-state index is -0.152. The molecule has 0 spiro atoms. The average molecular weight is 292 g/mol. The molecule has 1 aliphatic rings. The van der Waals surface area contributed by atoms with E-state index in [9.17, 15) is 4.39 Å². The molecule has 0 amide bonds. The molecule has 0 saturated carbocycles. The van der Waals surface area contributed by atoms with Crippen LogP contribution in [0.3, 0.4) is 0 Å². The Morgan fingerprint density at radius 1 is 1.24 bits per heavy atom. The van der Waals surface area contributed by atoms with Crippen molar-refractivity contribution in [3.05, 3.63) is 35.6 Å². The van der Waals surface area contributed by atoms with Crippen molar-refractivity contribution in [2.24, 2.45) is 5.92 Å². The predicted octanol–water partition coefficient (Wildman–Crippen LogP) is 3.47. The maximum Gasteiger partial charge on any atom is 0.123 e. The molecular formula is C18H29FN2. The van der Waals surface area contributed by atoms with Gasteiger partial charge >= 0.3 is 0 Å². The molecule has 1 saturated heterocycles. The zero-order valence-electron chi connectivity index (χ0n) is 13.6. The van der Waals surface area contributed by atoms with Crippen molar-refractivity contribution < 1.29 is 4.39 Å². The highest BCUT2D eigenvalue weighted by Crippen LogP contribution is 2.18. The van der Waals surface area contributed by atoms with Crippen molar-refractivity contribution in [3.8, 4) is 0 Å². The molecule has 1 N–H and O–H groups in total. The molecule has 118 valence electrons. The first-order chi connectivity index (χ1) is 10.1. The molecule has 2 nitrogen and oxygen atoms in total. The van der Waals surface area contributed by atoms with Crippen LogP contribution in [0.4, 0.5) is 4.39 Å². The fourth-order valence-electron chi connectivity index (χ4n) is 3.36. The minimum Gasteiger partial charge on any atom is -0.316 e. The third kappa shape index (κ3) is 5.08. The van der Waals surface area contributed by atoms with Crippen LogP contribution in [0.1, 0.15) is 39.2 Å². The number of hydrogen-bond donors (Lipinski definition) is 1. The van der Waals surface area contributed by atoms with Gasteiger partial charge in [0.15, 0.2) is 0 Å². The Bertz CT molecular complexity index is 410. The van der Waals surface area contributed by atoms with E-state index in [0.717, 1.165) is 25.4 Å². The second-order valence-corrected chi connectivity index (χ2v) is 6.68.